The summed E-state index contributed by atoms with van der Waals surface area (Å²) in [5.74, 6) is 0.600. The maximum atomic E-state index is 13.6. The molecule has 0 aliphatic carbocycles. The molecule has 3 rings (SSSR count). The maximum absolute atomic E-state index is 13.6. The second-order valence-electron chi connectivity index (χ2n) is 9.14. The summed E-state index contributed by atoms with van der Waals surface area (Å²) in [6, 6.07) is 26.9. The zero-order valence-corrected chi connectivity index (χ0v) is 20.9. The molecule has 3 aromatic rings. The van der Waals surface area contributed by atoms with Gasteiger partial charge in [0.05, 0.1) is 6.61 Å². The van der Waals surface area contributed by atoms with Gasteiger partial charge in [-0.15, -0.1) is 0 Å². The monoisotopic (exact) mass is 472 g/mol. The molecule has 0 spiro atoms. The SMILES string of the molecule is Cc1cccc(CN(C(=O)CCCOc2ccccc2)[C@@H](Cc2ccccc2)C(=O)NC(C)C)c1. The zero-order chi connectivity index (χ0) is 25.0. The van der Waals surface area contributed by atoms with E-state index >= 15 is 0 Å². The first kappa shape index (κ1) is 26.0. The summed E-state index contributed by atoms with van der Waals surface area (Å²) in [6.07, 6.45) is 1.33. The van der Waals surface area contributed by atoms with Crippen LogP contribution in [0.25, 0.3) is 0 Å². The molecule has 1 atom stereocenters. The number of rotatable bonds is 12. The fourth-order valence-electron chi connectivity index (χ4n) is 4.02. The average molecular weight is 473 g/mol. The lowest BCUT2D eigenvalue weighted by Gasteiger charge is -2.32. The highest BCUT2D eigenvalue weighted by Crippen LogP contribution is 2.18. The van der Waals surface area contributed by atoms with Crippen LogP contribution in [0.15, 0.2) is 84.9 Å². The van der Waals surface area contributed by atoms with Gasteiger partial charge in [-0.05, 0) is 50.5 Å². The average Bonchev–Trinajstić information content (AvgIpc) is 2.85. The predicted octanol–water partition coefficient (Wildman–Crippen LogP) is 5.32. The highest BCUT2D eigenvalue weighted by Gasteiger charge is 2.30. The smallest absolute Gasteiger partial charge is 0.243 e. The molecule has 0 aliphatic rings. The maximum Gasteiger partial charge on any atom is 0.243 e. The van der Waals surface area contributed by atoms with Crippen molar-refractivity contribution in [3.63, 3.8) is 0 Å². The predicted molar refractivity (Wildman–Crippen MR) is 140 cm³/mol. The molecule has 0 aromatic heterocycles. The first-order valence-electron chi connectivity index (χ1n) is 12.3. The Hall–Kier alpha value is -3.60. The molecule has 0 heterocycles. The molecule has 0 aliphatic heterocycles. The van der Waals surface area contributed by atoms with Crippen LogP contribution in [-0.2, 0) is 22.6 Å². The van der Waals surface area contributed by atoms with Crippen LogP contribution < -0.4 is 10.1 Å². The zero-order valence-electron chi connectivity index (χ0n) is 20.9. The van der Waals surface area contributed by atoms with Gasteiger partial charge in [-0.3, -0.25) is 9.59 Å². The molecular weight excluding hydrogens is 436 g/mol. The topological polar surface area (TPSA) is 58.6 Å². The minimum Gasteiger partial charge on any atom is -0.494 e. The quantitative estimate of drug-likeness (QED) is 0.363. The minimum atomic E-state index is -0.608. The van der Waals surface area contributed by atoms with Gasteiger partial charge in [-0.25, -0.2) is 0 Å². The van der Waals surface area contributed by atoms with Gasteiger partial charge in [0.2, 0.25) is 11.8 Å². The van der Waals surface area contributed by atoms with E-state index in [9.17, 15) is 9.59 Å². The number of amides is 2. The van der Waals surface area contributed by atoms with Crippen molar-refractivity contribution in [1.82, 2.24) is 10.2 Å². The molecule has 35 heavy (non-hydrogen) atoms. The molecule has 0 fully saturated rings. The molecule has 5 nitrogen and oxygen atoms in total. The van der Waals surface area contributed by atoms with Crippen molar-refractivity contribution in [3.8, 4) is 5.75 Å². The van der Waals surface area contributed by atoms with E-state index in [-0.39, 0.29) is 17.9 Å². The van der Waals surface area contributed by atoms with Gasteiger partial charge in [-0.2, -0.15) is 0 Å². The van der Waals surface area contributed by atoms with Crippen LogP contribution in [0.1, 0.15) is 43.4 Å². The summed E-state index contributed by atoms with van der Waals surface area (Å²) >= 11 is 0. The van der Waals surface area contributed by atoms with E-state index in [1.54, 1.807) is 4.90 Å². The van der Waals surface area contributed by atoms with E-state index in [0.717, 1.165) is 22.4 Å². The normalized spacial score (nSPS) is 11.7. The molecule has 0 bridgehead atoms. The lowest BCUT2D eigenvalue weighted by Crippen LogP contribution is -2.51. The fraction of sp³-hybridized carbons (Fsp3) is 0.333. The second kappa shape index (κ2) is 13.3. The van der Waals surface area contributed by atoms with Crippen LogP contribution >= 0.6 is 0 Å². The van der Waals surface area contributed by atoms with E-state index in [0.29, 0.717) is 32.4 Å². The molecule has 1 N–H and O–H groups in total. The van der Waals surface area contributed by atoms with Crippen molar-refractivity contribution >= 4 is 11.8 Å². The lowest BCUT2D eigenvalue weighted by atomic mass is 10.0. The van der Waals surface area contributed by atoms with E-state index in [4.69, 9.17) is 4.74 Å². The Morgan fingerprint density at radius 1 is 0.886 bits per heavy atom. The van der Waals surface area contributed by atoms with Crippen LogP contribution in [-0.4, -0.2) is 35.4 Å². The fourth-order valence-corrected chi connectivity index (χ4v) is 4.02. The molecule has 0 saturated heterocycles. The Morgan fingerprint density at radius 3 is 2.20 bits per heavy atom. The van der Waals surface area contributed by atoms with Gasteiger partial charge in [0.15, 0.2) is 0 Å². The van der Waals surface area contributed by atoms with Crippen LogP contribution in [0.4, 0.5) is 0 Å². The van der Waals surface area contributed by atoms with Gasteiger partial charge in [0, 0.05) is 25.4 Å². The summed E-state index contributed by atoms with van der Waals surface area (Å²) in [6.45, 7) is 6.72. The minimum absolute atomic E-state index is 0.0176. The van der Waals surface area contributed by atoms with Crippen LogP contribution in [0.3, 0.4) is 0 Å². The number of carbonyl (C=O) groups is 2. The number of benzene rings is 3. The van der Waals surface area contributed by atoms with Gasteiger partial charge in [-0.1, -0.05) is 78.4 Å². The van der Waals surface area contributed by atoms with Gasteiger partial charge in [0.25, 0.3) is 0 Å². The number of nitrogens with zero attached hydrogens (tertiary/aromatic N) is 1. The molecular formula is C30H36N2O3. The van der Waals surface area contributed by atoms with Crippen molar-refractivity contribution < 1.29 is 14.3 Å². The number of aryl methyl sites for hydroxylation is 1. The number of ether oxygens (including phenoxy) is 1. The summed E-state index contributed by atoms with van der Waals surface area (Å²) in [7, 11) is 0. The van der Waals surface area contributed by atoms with Gasteiger partial charge < -0.3 is 15.0 Å². The number of carbonyl (C=O) groups excluding carboxylic acids is 2. The first-order valence-corrected chi connectivity index (χ1v) is 12.3. The highest BCUT2D eigenvalue weighted by atomic mass is 16.5. The Morgan fingerprint density at radius 2 is 1.54 bits per heavy atom. The van der Waals surface area contributed by atoms with E-state index in [2.05, 4.69) is 11.4 Å². The molecule has 2 amide bonds. The molecule has 0 radical (unpaired) electrons. The molecule has 0 saturated carbocycles. The van der Waals surface area contributed by atoms with E-state index in [1.807, 2.05) is 99.6 Å². The van der Waals surface area contributed by atoms with Crippen molar-refractivity contribution in [1.29, 1.82) is 0 Å². The summed E-state index contributed by atoms with van der Waals surface area (Å²) in [4.78, 5) is 28.6. The highest BCUT2D eigenvalue weighted by molar-refractivity contribution is 5.88. The summed E-state index contributed by atoms with van der Waals surface area (Å²) in [5, 5.41) is 3.03. The van der Waals surface area contributed by atoms with Crippen molar-refractivity contribution in [2.45, 2.75) is 58.7 Å². The van der Waals surface area contributed by atoms with Gasteiger partial charge in [0.1, 0.15) is 11.8 Å². The van der Waals surface area contributed by atoms with E-state index < -0.39 is 6.04 Å². The standard InChI is InChI=1S/C30H36N2O3/c1-23(2)31-30(34)28(21-25-13-6-4-7-14-25)32(22-26-15-10-12-24(3)20-26)29(33)18-11-19-35-27-16-8-5-9-17-27/h4-10,12-17,20,23,28H,11,18-19,21-22H2,1-3H3,(H,31,34)/t28-/m0/s1. The van der Waals surface area contributed by atoms with Gasteiger partial charge >= 0.3 is 0 Å². The Labute approximate surface area is 209 Å². The Bertz CT molecular complexity index is 1070. The molecule has 0 unspecified atom stereocenters. The number of hydrogen-bond acceptors (Lipinski definition) is 3. The van der Waals surface area contributed by atoms with Crippen LogP contribution in [0, 0.1) is 6.92 Å². The van der Waals surface area contributed by atoms with Crippen molar-refractivity contribution in [2.24, 2.45) is 0 Å². The number of hydrogen-bond donors (Lipinski definition) is 1. The number of para-hydroxylation sites is 1. The summed E-state index contributed by atoms with van der Waals surface area (Å²) < 4.78 is 5.78. The Balaban J connectivity index is 1.79. The number of nitrogens with one attached hydrogen (secondary N) is 1. The third-order valence-electron chi connectivity index (χ3n) is 5.68. The summed E-state index contributed by atoms with van der Waals surface area (Å²) in [5.41, 5.74) is 3.15. The van der Waals surface area contributed by atoms with E-state index in [1.165, 1.54) is 0 Å². The third kappa shape index (κ3) is 8.60. The molecule has 3 aromatic carbocycles. The molecule has 5 heteroatoms. The Kier molecular flexibility index (Phi) is 9.91. The van der Waals surface area contributed by atoms with Crippen molar-refractivity contribution in [2.75, 3.05) is 6.61 Å². The third-order valence-corrected chi connectivity index (χ3v) is 5.68. The largest absolute Gasteiger partial charge is 0.494 e. The first-order chi connectivity index (χ1) is 16.9. The lowest BCUT2D eigenvalue weighted by molar-refractivity contribution is -0.141. The second-order valence-corrected chi connectivity index (χ2v) is 9.14. The van der Waals surface area contributed by atoms with Crippen LogP contribution in [0.2, 0.25) is 0 Å². The van der Waals surface area contributed by atoms with Crippen LogP contribution in [0.5, 0.6) is 5.75 Å². The molecule has 184 valence electrons. The van der Waals surface area contributed by atoms with Crippen molar-refractivity contribution in [3.05, 3.63) is 102 Å².